The predicted molar refractivity (Wildman–Crippen MR) is 69.1 cm³/mol. The van der Waals surface area contributed by atoms with E-state index in [0.717, 1.165) is 18.4 Å². The zero-order valence-corrected chi connectivity index (χ0v) is 10.6. The van der Waals surface area contributed by atoms with Gasteiger partial charge in [0.1, 0.15) is 6.10 Å². The van der Waals surface area contributed by atoms with Crippen LogP contribution < -0.4 is 5.32 Å². The monoisotopic (exact) mass is 263 g/mol. The van der Waals surface area contributed by atoms with Crippen molar-refractivity contribution in [3.63, 3.8) is 0 Å². The van der Waals surface area contributed by atoms with Crippen LogP contribution >= 0.6 is 0 Å². The van der Waals surface area contributed by atoms with E-state index < -0.39 is 5.97 Å². The number of hydrogen-bond donors (Lipinski definition) is 2. The van der Waals surface area contributed by atoms with Gasteiger partial charge in [0.2, 0.25) is 5.91 Å². The first kappa shape index (κ1) is 13.5. The number of amides is 1. The maximum Gasteiger partial charge on any atom is 0.335 e. The summed E-state index contributed by atoms with van der Waals surface area (Å²) in [5, 5.41) is 11.6. The molecule has 5 nitrogen and oxygen atoms in total. The third kappa shape index (κ3) is 3.79. The van der Waals surface area contributed by atoms with E-state index in [1.807, 2.05) is 0 Å². The minimum atomic E-state index is -0.932. The molecule has 1 atom stereocenters. The largest absolute Gasteiger partial charge is 0.478 e. The van der Waals surface area contributed by atoms with E-state index in [2.05, 4.69) is 5.32 Å². The van der Waals surface area contributed by atoms with Gasteiger partial charge in [-0.15, -0.1) is 0 Å². The van der Waals surface area contributed by atoms with Crippen LogP contribution in [0, 0.1) is 0 Å². The molecule has 0 bridgehead atoms. The number of carboxylic acid groups (broad SMARTS) is 1. The smallest absolute Gasteiger partial charge is 0.335 e. The van der Waals surface area contributed by atoms with Gasteiger partial charge in [-0.2, -0.15) is 0 Å². The fraction of sp³-hybridized carbons (Fsp3) is 0.429. The Morgan fingerprint density at radius 1 is 1.32 bits per heavy atom. The third-order valence-corrected chi connectivity index (χ3v) is 3.14. The quantitative estimate of drug-likeness (QED) is 0.837. The Bertz CT molecular complexity index is 449. The summed E-state index contributed by atoms with van der Waals surface area (Å²) in [6.07, 6.45) is 2.11. The van der Waals surface area contributed by atoms with Crippen molar-refractivity contribution in [3.8, 4) is 0 Å². The summed E-state index contributed by atoms with van der Waals surface area (Å²) in [6, 6.07) is 6.67. The van der Waals surface area contributed by atoms with E-state index >= 15 is 0 Å². The number of benzene rings is 1. The molecular formula is C14H17NO4. The molecule has 0 aliphatic carbocycles. The summed E-state index contributed by atoms with van der Waals surface area (Å²) >= 11 is 0. The van der Waals surface area contributed by atoms with Crippen LogP contribution in [-0.4, -0.2) is 36.2 Å². The van der Waals surface area contributed by atoms with Crippen LogP contribution in [0.1, 0.15) is 28.8 Å². The van der Waals surface area contributed by atoms with Crippen LogP contribution in [0.2, 0.25) is 0 Å². The Morgan fingerprint density at radius 2 is 2.05 bits per heavy atom. The van der Waals surface area contributed by atoms with Crippen molar-refractivity contribution in [2.45, 2.75) is 25.4 Å². The number of ether oxygens (including phenoxy) is 1. The summed E-state index contributed by atoms with van der Waals surface area (Å²) < 4.78 is 5.28. The van der Waals surface area contributed by atoms with E-state index in [1.54, 1.807) is 24.3 Å². The third-order valence-electron chi connectivity index (χ3n) is 3.14. The van der Waals surface area contributed by atoms with Gasteiger partial charge >= 0.3 is 5.97 Å². The maximum absolute atomic E-state index is 11.7. The van der Waals surface area contributed by atoms with Crippen molar-refractivity contribution in [2.75, 3.05) is 13.2 Å². The molecule has 1 saturated heterocycles. The normalized spacial score (nSPS) is 18.2. The van der Waals surface area contributed by atoms with Crippen LogP contribution in [-0.2, 0) is 16.0 Å². The summed E-state index contributed by atoms with van der Waals surface area (Å²) in [6.45, 7) is 1.19. The first-order chi connectivity index (χ1) is 9.16. The SMILES string of the molecule is O=C(O)c1ccc(CCNC(=O)[C@@H]2CCCO2)cc1. The van der Waals surface area contributed by atoms with Crippen molar-refractivity contribution in [1.82, 2.24) is 5.32 Å². The van der Waals surface area contributed by atoms with Crippen molar-refractivity contribution in [1.29, 1.82) is 0 Å². The molecular weight excluding hydrogens is 246 g/mol. The van der Waals surface area contributed by atoms with Crippen molar-refractivity contribution < 1.29 is 19.4 Å². The fourth-order valence-corrected chi connectivity index (χ4v) is 2.04. The Morgan fingerprint density at radius 3 is 2.63 bits per heavy atom. The Balaban J connectivity index is 1.75. The molecule has 0 radical (unpaired) electrons. The highest BCUT2D eigenvalue weighted by molar-refractivity contribution is 5.87. The molecule has 1 aliphatic heterocycles. The Kier molecular flexibility index (Phi) is 4.52. The lowest BCUT2D eigenvalue weighted by Crippen LogP contribution is -2.35. The van der Waals surface area contributed by atoms with E-state index in [9.17, 15) is 9.59 Å². The van der Waals surface area contributed by atoms with Gasteiger partial charge in [-0.1, -0.05) is 12.1 Å². The fourth-order valence-electron chi connectivity index (χ4n) is 2.04. The zero-order chi connectivity index (χ0) is 13.7. The topological polar surface area (TPSA) is 75.6 Å². The first-order valence-corrected chi connectivity index (χ1v) is 6.38. The second-order valence-corrected chi connectivity index (χ2v) is 4.54. The molecule has 1 aromatic rings. The van der Waals surface area contributed by atoms with Gasteiger partial charge in [0.25, 0.3) is 0 Å². The average molecular weight is 263 g/mol. The lowest BCUT2D eigenvalue weighted by Gasteiger charge is -2.10. The van der Waals surface area contributed by atoms with Crippen molar-refractivity contribution >= 4 is 11.9 Å². The van der Waals surface area contributed by atoms with Gasteiger partial charge in [0.15, 0.2) is 0 Å². The molecule has 0 spiro atoms. The molecule has 1 heterocycles. The average Bonchev–Trinajstić information content (AvgIpc) is 2.93. The van der Waals surface area contributed by atoms with Crippen LogP contribution in [0.3, 0.4) is 0 Å². The molecule has 1 aliphatic rings. The number of hydrogen-bond acceptors (Lipinski definition) is 3. The van der Waals surface area contributed by atoms with Gasteiger partial charge in [-0.05, 0) is 37.0 Å². The molecule has 1 amide bonds. The van der Waals surface area contributed by atoms with Crippen LogP contribution in [0.15, 0.2) is 24.3 Å². The predicted octanol–water partition coefficient (Wildman–Crippen LogP) is 1.22. The standard InChI is InChI=1S/C14H17NO4/c16-13(12-2-1-9-19-12)15-8-7-10-3-5-11(6-4-10)14(17)18/h3-6,12H,1-2,7-9H2,(H,15,16)(H,17,18)/t12-/m0/s1. The molecule has 5 heteroatoms. The molecule has 0 unspecified atom stereocenters. The highest BCUT2D eigenvalue weighted by atomic mass is 16.5. The van der Waals surface area contributed by atoms with Gasteiger partial charge < -0.3 is 15.2 Å². The van der Waals surface area contributed by atoms with Crippen LogP contribution in [0.5, 0.6) is 0 Å². The highest BCUT2D eigenvalue weighted by Gasteiger charge is 2.22. The second kappa shape index (κ2) is 6.33. The van der Waals surface area contributed by atoms with E-state index in [0.29, 0.717) is 19.6 Å². The van der Waals surface area contributed by atoms with Crippen molar-refractivity contribution in [2.24, 2.45) is 0 Å². The lowest BCUT2D eigenvalue weighted by atomic mass is 10.1. The van der Waals surface area contributed by atoms with Crippen molar-refractivity contribution in [3.05, 3.63) is 35.4 Å². The zero-order valence-electron chi connectivity index (χ0n) is 10.6. The minimum absolute atomic E-state index is 0.0559. The summed E-state index contributed by atoms with van der Waals surface area (Å²) in [7, 11) is 0. The summed E-state index contributed by atoms with van der Waals surface area (Å²) in [4.78, 5) is 22.4. The van der Waals surface area contributed by atoms with E-state index in [-0.39, 0.29) is 17.6 Å². The van der Waals surface area contributed by atoms with Gasteiger partial charge in [0, 0.05) is 13.2 Å². The van der Waals surface area contributed by atoms with E-state index in [4.69, 9.17) is 9.84 Å². The Labute approximate surface area is 111 Å². The number of carbonyl (C=O) groups is 2. The Hall–Kier alpha value is -1.88. The number of carboxylic acids is 1. The van der Waals surface area contributed by atoms with Gasteiger partial charge in [0.05, 0.1) is 5.56 Å². The number of carbonyl (C=O) groups excluding carboxylic acids is 1. The molecule has 102 valence electrons. The molecule has 2 rings (SSSR count). The number of nitrogens with one attached hydrogen (secondary N) is 1. The van der Waals surface area contributed by atoms with Crippen LogP contribution in [0.25, 0.3) is 0 Å². The van der Waals surface area contributed by atoms with Gasteiger partial charge in [-0.25, -0.2) is 4.79 Å². The maximum atomic E-state index is 11.7. The summed E-state index contributed by atoms with van der Waals surface area (Å²) in [5.41, 5.74) is 1.27. The summed E-state index contributed by atoms with van der Waals surface area (Å²) in [5.74, 6) is -0.988. The van der Waals surface area contributed by atoms with Crippen LogP contribution in [0.4, 0.5) is 0 Å². The number of rotatable bonds is 5. The molecule has 2 N–H and O–H groups in total. The minimum Gasteiger partial charge on any atom is -0.478 e. The van der Waals surface area contributed by atoms with Gasteiger partial charge in [-0.3, -0.25) is 4.79 Å². The van der Waals surface area contributed by atoms with E-state index in [1.165, 1.54) is 0 Å². The second-order valence-electron chi connectivity index (χ2n) is 4.54. The highest BCUT2D eigenvalue weighted by Crippen LogP contribution is 2.11. The lowest BCUT2D eigenvalue weighted by molar-refractivity contribution is -0.129. The first-order valence-electron chi connectivity index (χ1n) is 6.38. The molecule has 19 heavy (non-hydrogen) atoms. The molecule has 1 aromatic carbocycles. The number of aromatic carboxylic acids is 1. The molecule has 0 saturated carbocycles. The molecule has 0 aromatic heterocycles. The molecule has 1 fully saturated rings.